The quantitative estimate of drug-likeness (QED) is 0.835. The second-order valence-corrected chi connectivity index (χ2v) is 4.69. The zero-order chi connectivity index (χ0) is 15.9. The van der Waals surface area contributed by atoms with Crippen LogP contribution in [0.1, 0.15) is 30.5 Å². The molecular formula is C12H10F6O2. The number of carboxylic acids is 1. The van der Waals surface area contributed by atoms with Gasteiger partial charge in [-0.1, -0.05) is 6.07 Å². The molecule has 0 fully saturated rings. The number of carboxylic acid groups (broad SMARTS) is 1. The van der Waals surface area contributed by atoms with Crippen molar-refractivity contribution in [1.82, 2.24) is 0 Å². The van der Waals surface area contributed by atoms with Crippen LogP contribution in [0.5, 0.6) is 0 Å². The second kappa shape index (κ2) is 4.68. The summed E-state index contributed by atoms with van der Waals surface area (Å²) in [6, 6.07) is 0.926. The highest BCUT2D eigenvalue weighted by atomic mass is 19.4. The van der Waals surface area contributed by atoms with Crippen LogP contribution in [0.15, 0.2) is 18.2 Å². The summed E-state index contributed by atoms with van der Waals surface area (Å²) in [5, 5.41) is 8.92. The third-order valence-corrected chi connectivity index (χ3v) is 2.86. The molecular weight excluding hydrogens is 290 g/mol. The molecule has 0 saturated carbocycles. The molecule has 1 rings (SSSR count). The van der Waals surface area contributed by atoms with E-state index in [1.165, 1.54) is 0 Å². The van der Waals surface area contributed by atoms with Crippen LogP contribution in [0.3, 0.4) is 0 Å². The van der Waals surface area contributed by atoms with E-state index in [0.717, 1.165) is 13.8 Å². The topological polar surface area (TPSA) is 37.3 Å². The van der Waals surface area contributed by atoms with E-state index in [2.05, 4.69) is 0 Å². The smallest absolute Gasteiger partial charge is 0.416 e. The van der Waals surface area contributed by atoms with Crippen molar-refractivity contribution < 1.29 is 36.2 Å². The van der Waals surface area contributed by atoms with Gasteiger partial charge in [-0.25, -0.2) is 0 Å². The lowest BCUT2D eigenvalue weighted by Crippen LogP contribution is -2.31. The Morgan fingerprint density at radius 2 is 1.45 bits per heavy atom. The minimum atomic E-state index is -5.08. The largest absolute Gasteiger partial charge is 0.481 e. The Bertz CT molecular complexity index is 528. The summed E-state index contributed by atoms with van der Waals surface area (Å²) in [4.78, 5) is 11.0. The second-order valence-electron chi connectivity index (χ2n) is 4.69. The fraction of sp³-hybridized carbons (Fsp3) is 0.417. The van der Waals surface area contributed by atoms with Gasteiger partial charge in [0.25, 0.3) is 0 Å². The molecule has 0 atom stereocenters. The Morgan fingerprint density at radius 1 is 0.950 bits per heavy atom. The molecule has 20 heavy (non-hydrogen) atoms. The highest BCUT2D eigenvalue weighted by Crippen LogP contribution is 2.41. The van der Waals surface area contributed by atoms with Gasteiger partial charge in [0.2, 0.25) is 0 Å². The van der Waals surface area contributed by atoms with Crippen molar-refractivity contribution in [3.8, 4) is 0 Å². The van der Waals surface area contributed by atoms with Crippen molar-refractivity contribution in [3.63, 3.8) is 0 Å². The van der Waals surface area contributed by atoms with E-state index >= 15 is 0 Å². The van der Waals surface area contributed by atoms with E-state index in [9.17, 15) is 31.1 Å². The molecule has 1 aromatic rings. The fourth-order valence-electron chi connectivity index (χ4n) is 1.62. The van der Waals surface area contributed by atoms with Crippen molar-refractivity contribution in [1.29, 1.82) is 0 Å². The Morgan fingerprint density at radius 3 is 1.80 bits per heavy atom. The number of rotatable bonds is 2. The zero-order valence-electron chi connectivity index (χ0n) is 10.4. The van der Waals surface area contributed by atoms with Crippen molar-refractivity contribution >= 4 is 5.97 Å². The number of aliphatic carboxylic acids is 1. The molecule has 0 amide bonds. The molecule has 0 aliphatic carbocycles. The minimum absolute atomic E-state index is 0.0694. The van der Waals surface area contributed by atoms with Gasteiger partial charge in [-0.15, -0.1) is 0 Å². The van der Waals surface area contributed by atoms with Gasteiger partial charge in [0.15, 0.2) is 0 Å². The third-order valence-electron chi connectivity index (χ3n) is 2.86. The first kappa shape index (κ1) is 16.3. The van der Waals surface area contributed by atoms with Gasteiger partial charge in [0.1, 0.15) is 0 Å². The minimum Gasteiger partial charge on any atom is -0.481 e. The average molecular weight is 300 g/mol. The third kappa shape index (κ3) is 3.05. The first-order chi connectivity index (χ1) is 8.78. The lowest BCUT2D eigenvalue weighted by molar-refractivity contribution is -0.146. The molecule has 0 aromatic heterocycles. The number of benzene rings is 1. The zero-order valence-corrected chi connectivity index (χ0v) is 10.4. The number of hydrogen-bond donors (Lipinski definition) is 1. The summed E-state index contributed by atoms with van der Waals surface area (Å²) in [5.41, 5.74) is -5.75. The number of alkyl halides is 6. The van der Waals surface area contributed by atoms with Crippen LogP contribution in [-0.4, -0.2) is 11.1 Å². The fourth-order valence-corrected chi connectivity index (χ4v) is 1.62. The van der Waals surface area contributed by atoms with Crippen LogP contribution in [0.25, 0.3) is 0 Å². The number of halogens is 6. The Labute approximate surface area is 110 Å². The van der Waals surface area contributed by atoms with E-state index in [4.69, 9.17) is 5.11 Å². The first-order valence-corrected chi connectivity index (χ1v) is 5.30. The summed E-state index contributed by atoms with van der Waals surface area (Å²) in [6.45, 7) is 1.99. The maximum Gasteiger partial charge on any atom is 0.416 e. The van der Waals surface area contributed by atoms with E-state index in [1.807, 2.05) is 0 Å². The van der Waals surface area contributed by atoms with Gasteiger partial charge < -0.3 is 5.11 Å². The lowest BCUT2D eigenvalue weighted by atomic mass is 9.81. The predicted molar refractivity (Wildman–Crippen MR) is 57.1 cm³/mol. The van der Waals surface area contributed by atoms with Gasteiger partial charge in [-0.05, 0) is 31.5 Å². The molecule has 0 heterocycles. The monoisotopic (exact) mass is 300 g/mol. The standard InChI is InChI=1S/C12H10F6O2/c1-10(2,9(19)20)7-4-3-6(11(13,14)15)5-8(7)12(16,17)18/h3-5H,1-2H3,(H,19,20). The summed E-state index contributed by atoms with van der Waals surface area (Å²) >= 11 is 0. The van der Waals surface area contributed by atoms with Crippen molar-refractivity contribution in [2.45, 2.75) is 31.6 Å². The van der Waals surface area contributed by atoms with Gasteiger partial charge >= 0.3 is 18.3 Å². The predicted octanol–water partition coefficient (Wildman–Crippen LogP) is 4.09. The van der Waals surface area contributed by atoms with Crippen LogP contribution < -0.4 is 0 Å². The normalized spacial score (nSPS) is 13.4. The van der Waals surface area contributed by atoms with E-state index in [1.54, 1.807) is 0 Å². The maximum atomic E-state index is 12.9. The van der Waals surface area contributed by atoms with Gasteiger partial charge in [0.05, 0.1) is 16.5 Å². The van der Waals surface area contributed by atoms with Crippen LogP contribution in [0.2, 0.25) is 0 Å². The molecule has 0 radical (unpaired) electrons. The average Bonchev–Trinajstić information content (AvgIpc) is 2.25. The number of hydrogen-bond acceptors (Lipinski definition) is 1. The van der Waals surface area contributed by atoms with Crippen LogP contribution in [0, 0.1) is 0 Å². The summed E-state index contributed by atoms with van der Waals surface area (Å²) in [5.74, 6) is -1.57. The molecule has 0 spiro atoms. The SMILES string of the molecule is CC(C)(C(=O)O)c1ccc(C(F)(F)F)cc1C(F)(F)F. The summed E-state index contributed by atoms with van der Waals surface area (Å²) < 4.78 is 75.9. The molecule has 1 N–H and O–H groups in total. The highest BCUT2D eigenvalue weighted by Gasteiger charge is 2.43. The van der Waals surface area contributed by atoms with E-state index in [-0.39, 0.29) is 6.07 Å². The Balaban J connectivity index is 3.60. The van der Waals surface area contributed by atoms with E-state index in [0.29, 0.717) is 12.1 Å². The Kier molecular flexibility index (Phi) is 3.82. The van der Waals surface area contributed by atoms with Gasteiger partial charge in [0, 0.05) is 0 Å². The first-order valence-electron chi connectivity index (χ1n) is 5.30. The van der Waals surface area contributed by atoms with E-state index < -0.39 is 40.4 Å². The molecule has 0 aliphatic rings. The summed E-state index contributed by atoms with van der Waals surface area (Å²) in [6.07, 6.45) is -10.0. The van der Waals surface area contributed by atoms with Crippen LogP contribution in [0.4, 0.5) is 26.3 Å². The molecule has 0 bridgehead atoms. The molecule has 112 valence electrons. The molecule has 0 saturated heterocycles. The number of carbonyl (C=O) groups is 1. The van der Waals surface area contributed by atoms with Gasteiger partial charge in [-0.3, -0.25) is 4.79 Å². The molecule has 8 heteroatoms. The van der Waals surface area contributed by atoms with Crippen molar-refractivity contribution in [2.75, 3.05) is 0 Å². The molecule has 2 nitrogen and oxygen atoms in total. The molecule has 1 aromatic carbocycles. The maximum absolute atomic E-state index is 12.9. The van der Waals surface area contributed by atoms with Crippen molar-refractivity contribution in [3.05, 3.63) is 34.9 Å². The van der Waals surface area contributed by atoms with Crippen molar-refractivity contribution in [2.24, 2.45) is 0 Å². The Hall–Kier alpha value is -1.73. The lowest BCUT2D eigenvalue weighted by Gasteiger charge is -2.25. The molecule has 0 unspecified atom stereocenters. The van der Waals surface area contributed by atoms with Crippen LogP contribution in [-0.2, 0) is 22.6 Å². The summed E-state index contributed by atoms with van der Waals surface area (Å²) in [7, 11) is 0. The molecule has 0 aliphatic heterocycles. The highest BCUT2D eigenvalue weighted by molar-refractivity contribution is 5.81. The van der Waals surface area contributed by atoms with Crippen LogP contribution >= 0.6 is 0 Å². The van der Waals surface area contributed by atoms with Gasteiger partial charge in [-0.2, -0.15) is 26.3 Å².